The van der Waals surface area contributed by atoms with Crippen LogP contribution in [0.25, 0.3) is 0 Å². The number of rotatable bonds is 6. The summed E-state index contributed by atoms with van der Waals surface area (Å²) in [6.45, 7) is 4.09. The van der Waals surface area contributed by atoms with E-state index in [0.29, 0.717) is 18.0 Å². The average molecular weight is 274 g/mol. The molecule has 0 fully saturated rings. The maximum absolute atomic E-state index is 11.0. The Kier molecular flexibility index (Phi) is 5.27. The molecule has 1 heterocycles. The first kappa shape index (κ1) is 14.6. The van der Waals surface area contributed by atoms with Crippen LogP contribution in [0.2, 0.25) is 0 Å². The van der Waals surface area contributed by atoms with Crippen LogP contribution >= 0.6 is 11.6 Å². The van der Waals surface area contributed by atoms with Crippen LogP contribution < -0.4 is 4.74 Å². The normalized spacial score (nSPS) is 12.5. The summed E-state index contributed by atoms with van der Waals surface area (Å²) in [5, 5.41) is 10.8. The summed E-state index contributed by atoms with van der Waals surface area (Å²) in [6.07, 6.45) is 2.35. The molecular formula is C11H16ClN3O3. The summed E-state index contributed by atoms with van der Waals surface area (Å²) in [7, 11) is 1.34. The zero-order valence-corrected chi connectivity index (χ0v) is 11.3. The topological polar surface area (TPSA) is 78.2 Å². The van der Waals surface area contributed by atoms with Gasteiger partial charge in [-0.25, -0.2) is 4.98 Å². The molecule has 1 atom stereocenters. The predicted octanol–water partition coefficient (Wildman–Crippen LogP) is 2.59. The summed E-state index contributed by atoms with van der Waals surface area (Å²) in [5.74, 6) is 0.397. The van der Waals surface area contributed by atoms with Gasteiger partial charge in [-0.1, -0.05) is 13.8 Å². The molecule has 1 rings (SSSR count). The summed E-state index contributed by atoms with van der Waals surface area (Å²) in [5.41, 5.74) is 0.113. The van der Waals surface area contributed by atoms with Gasteiger partial charge >= 0.3 is 5.69 Å². The number of methoxy groups -OCH3 is 1. The molecule has 0 aromatic carbocycles. The third kappa shape index (κ3) is 3.80. The van der Waals surface area contributed by atoms with Crippen LogP contribution in [-0.4, -0.2) is 27.4 Å². The van der Waals surface area contributed by atoms with Crippen molar-refractivity contribution in [1.29, 1.82) is 0 Å². The molecule has 100 valence electrons. The van der Waals surface area contributed by atoms with Crippen LogP contribution in [0.3, 0.4) is 0 Å². The second-order valence-corrected chi connectivity index (χ2v) is 4.98. The van der Waals surface area contributed by atoms with E-state index in [1.165, 1.54) is 13.4 Å². The van der Waals surface area contributed by atoms with E-state index < -0.39 is 4.92 Å². The van der Waals surface area contributed by atoms with Crippen molar-refractivity contribution in [3.05, 3.63) is 22.1 Å². The fraction of sp³-hybridized carbons (Fsp3) is 0.636. The Hall–Kier alpha value is -1.43. The van der Waals surface area contributed by atoms with E-state index in [-0.39, 0.29) is 16.9 Å². The van der Waals surface area contributed by atoms with Gasteiger partial charge in [-0.3, -0.25) is 10.1 Å². The molecule has 6 nitrogen and oxygen atoms in total. The number of nitro groups is 1. The largest absolute Gasteiger partial charge is 0.476 e. The predicted molar refractivity (Wildman–Crippen MR) is 68.0 cm³/mol. The molecule has 1 aromatic heterocycles. The fourth-order valence-corrected chi connectivity index (χ4v) is 2.19. The maximum Gasteiger partial charge on any atom is 0.352 e. The molecule has 0 amide bonds. The molecule has 0 radical (unpaired) electrons. The molecule has 7 heteroatoms. The van der Waals surface area contributed by atoms with Crippen LogP contribution in [-0.2, 0) is 6.42 Å². The van der Waals surface area contributed by atoms with E-state index >= 15 is 0 Å². The molecule has 18 heavy (non-hydrogen) atoms. The van der Waals surface area contributed by atoms with Crippen LogP contribution in [0.15, 0.2) is 6.33 Å². The highest BCUT2D eigenvalue weighted by molar-refractivity contribution is 6.20. The summed E-state index contributed by atoms with van der Waals surface area (Å²) in [6, 6.07) is 0. The second kappa shape index (κ2) is 6.49. The molecule has 0 saturated carbocycles. The van der Waals surface area contributed by atoms with E-state index in [4.69, 9.17) is 16.3 Å². The lowest BCUT2D eigenvalue weighted by Crippen LogP contribution is -2.11. The molecule has 0 aliphatic carbocycles. The van der Waals surface area contributed by atoms with Gasteiger partial charge in [0.1, 0.15) is 12.0 Å². The van der Waals surface area contributed by atoms with Crippen LogP contribution in [0, 0.1) is 16.0 Å². The zero-order chi connectivity index (χ0) is 13.7. The Morgan fingerprint density at radius 1 is 1.50 bits per heavy atom. The van der Waals surface area contributed by atoms with E-state index in [1.54, 1.807) is 0 Å². The lowest BCUT2D eigenvalue weighted by atomic mass is 10.0. The van der Waals surface area contributed by atoms with Gasteiger partial charge in [-0.2, -0.15) is 4.98 Å². The van der Waals surface area contributed by atoms with Gasteiger partial charge in [0.2, 0.25) is 0 Å². The standard InChI is InChI=1S/C11H16ClN3O3/c1-7(2)4-8(12)5-9-10(15(16)17)11(18-3)14-6-13-9/h6-8H,4-5H2,1-3H3. The number of alkyl halides is 1. The highest BCUT2D eigenvalue weighted by atomic mass is 35.5. The number of nitrogens with zero attached hydrogens (tertiary/aromatic N) is 3. The van der Waals surface area contributed by atoms with Crippen molar-refractivity contribution < 1.29 is 9.66 Å². The maximum atomic E-state index is 11.0. The first-order chi connectivity index (χ1) is 8.45. The fourth-order valence-electron chi connectivity index (χ4n) is 1.68. The molecule has 0 spiro atoms. The smallest absolute Gasteiger partial charge is 0.352 e. The van der Waals surface area contributed by atoms with Crippen molar-refractivity contribution in [2.24, 2.45) is 5.92 Å². The third-order valence-corrected chi connectivity index (χ3v) is 2.71. The molecule has 1 unspecified atom stereocenters. The summed E-state index contributed by atoms with van der Waals surface area (Å²) in [4.78, 5) is 18.1. The van der Waals surface area contributed by atoms with Crippen molar-refractivity contribution in [3.8, 4) is 5.88 Å². The van der Waals surface area contributed by atoms with Crippen molar-refractivity contribution >= 4 is 17.3 Å². The van der Waals surface area contributed by atoms with E-state index in [1.807, 2.05) is 13.8 Å². The Labute approximate surface area is 110 Å². The highest BCUT2D eigenvalue weighted by Gasteiger charge is 2.25. The van der Waals surface area contributed by atoms with Crippen LogP contribution in [0.4, 0.5) is 5.69 Å². The van der Waals surface area contributed by atoms with E-state index in [2.05, 4.69) is 9.97 Å². The first-order valence-electron chi connectivity index (χ1n) is 5.62. The summed E-state index contributed by atoms with van der Waals surface area (Å²) >= 11 is 6.16. The number of aromatic nitrogens is 2. The van der Waals surface area contributed by atoms with Gasteiger partial charge in [-0.15, -0.1) is 11.6 Å². The van der Waals surface area contributed by atoms with Gasteiger partial charge < -0.3 is 4.74 Å². The number of ether oxygens (including phenoxy) is 1. The SMILES string of the molecule is COc1ncnc(CC(Cl)CC(C)C)c1[N+](=O)[O-]. The molecule has 0 N–H and O–H groups in total. The minimum absolute atomic E-state index is 0.0292. The number of hydrogen-bond acceptors (Lipinski definition) is 5. The Morgan fingerprint density at radius 3 is 2.67 bits per heavy atom. The van der Waals surface area contributed by atoms with Gasteiger partial charge in [0.25, 0.3) is 5.88 Å². The Balaban J connectivity index is 2.98. The quantitative estimate of drug-likeness (QED) is 0.452. The van der Waals surface area contributed by atoms with E-state index in [9.17, 15) is 10.1 Å². The molecule has 0 saturated heterocycles. The van der Waals surface area contributed by atoms with Crippen molar-refractivity contribution in [2.75, 3.05) is 7.11 Å². The van der Waals surface area contributed by atoms with Gasteiger partial charge in [0.15, 0.2) is 0 Å². The zero-order valence-electron chi connectivity index (χ0n) is 10.6. The Morgan fingerprint density at radius 2 is 2.17 bits per heavy atom. The van der Waals surface area contributed by atoms with Crippen LogP contribution in [0.5, 0.6) is 5.88 Å². The van der Waals surface area contributed by atoms with Gasteiger partial charge in [-0.05, 0) is 12.3 Å². The number of hydrogen-bond donors (Lipinski definition) is 0. The highest BCUT2D eigenvalue weighted by Crippen LogP contribution is 2.28. The van der Waals surface area contributed by atoms with Crippen molar-refractivity contribution in [1.82, 2.24) is 9.97 Å². The average Bonchev–Trinajstić information content (AvgIpc) is 2.26. The molecule has 0 aliphatic heterocycles. The third-order valence-electron chi connectivity index (χ3n) is 2.38. The minimum atomic E-state index is -0.535. The summed E-state index contributed by atoms with van der Waals surface area (Å²) < 4.78 is 4.87. The lowest BCUT2D eigenvalue weighted by Gasteiger charge is -2.11. The second-order valence-electron chi connectivity index (χ2n) is 4.37. The molecular weight excluding hydrogens is 258 g/mol. The number of halogens is 1. The van der Waals surface area contributed by atoms with Gasteiger partial charge in [0.05, 0.1) is 12.0 Å². The van der Waals surface area contributed by atoms with Crippen LogP contribution in [0.1, 0.15) is 26.0 Å². The Bertz CT molecular complexity index is 426. The molecule has 0 aliphatic rings. The lowest BCUT2D eigenvalue weighted by molar-refractivity contribution is -0.387. The first-order valence-corrected chi connectivity index (χ1v) is 6.05. The van der Waals surface area contributed by atoms with E-state index in [0.717, 1.165) is 6.42 Å². The van der Waals surface area contributed by atoms with Gasteiger partial charge in [0, 0.05) is 11.8 Å². The minimum Gasteiger partial charge on any atom is -0.476 e. The molecule has 0 bridgehead atoms. The van der Waals surface area contributed by atoms with Crippen molar-refractivity contribution in [3.63, 3.8) is 0 Å². The molecule has 1 aromatic rings. The monoisotopic (exact) mass is 273 g/mol. The van der Waals surface area contributed by atoms with Crippen molar-refractivity contribution in [2.45, 2.75) is 32.1 Å².